The fourth-order valence-corrected chi connectivity index (χ4v) is 1.51. The SMILES string of the molecule is COC(=O)c1cc(OC)ccc1NC(=O)CCCN. The molecule has 0 heterocycles. The van der Waals surface area contributed by atoms with Crippen LogP contribution in [-0.4, -0.2) is 32.6 Å². The Hall–Kier alpha value is -2.08. The van der Waals surface area contributed by atoms with Gasteiger partial charge in [0.15, 0.2) is 0 Å². The van der Waals surface area contributed by atoms with Crippen LogP contribution < -0.4 is 15.8 Å². The number of hydrogen-bond acceptors (Lipinski definition) is 5. The normalized spacial score (nSPS) is 9.84. The van der Waals surface area contributed by atoms with E-state index in [2.05, 4.69) is 10.1 Å². The lowest BCUT2D eigenvalue weighted by molar-refractivity contribution is -0.116. The Labute approximate surface area is 111 Å². The molecule has 1 aromatic carbocycles. The minimum absolute atomic E-state index is 0.194. The monoisotopic (exact) mass is 266 g/mol. The summed E-state index contributed by atoms with van der Waals surface area (Å²) >= 11 is 0. The Morgan fingerprint density at radius 1 is 1.32 bits per heavy atom. The van der Waals surface area contributed by atoms with Gasteiger partial charge in [0.1, 0.15) is 5.75 Å². The van der Waals surface area contributed by atoms with Crippen molar-refractivity contribution in [3.05, 3.63) is 23.8 Å². The van der Waals surface area contributed by atoms with Gasteiger partial charge in [-0.2, -0.15) is 0 Å². The van der Waals surface area contributed by atoms with Crippen LogP contribution in [0.3, 0.4) is 0 Å². The average molecular weight is 266 g/mol. The molecule has 0 radical (unpaired) electrons. The van der Waals surface area contributed by atoms with Crippen LogP contribution >= 0.6 is 0 Å². The van der Waals surface area contributed by atoms with Gasteiger partial charge < -0.3 is 20.5 Å². The number of carbonyl (C=O) groups excluding carboxylic acids is 2. The molecule has 0 aliphatic rings. The molecule has 0 saturated carbocycles. The molecule has 0 aliphatic heterocycles. The zero-order chi connectivity index (χ0) is 14.3. The summed E-state index contributed by atoms with van der Waals surface area (Å²) in [6.45, 7) is 0.444. The van der Waals surface area contributed by atoms with E-state index in [1.54, 1.807) is 12.1 Å². The molecule has 1 aromatic rings. The van der Waals surface area contributed by atoms with E-state index >= 15 is 0 Å². The lowest BCUT2D eigenvalue weighted by atomic mass is 10.1. The fourth-order valence-electron chi connectivity index (χ4n) is 1.51. The number of nitrogens with one attached hydrogen (secondary N) is 1. The number of carbonyl (C=O) groups is 2. The van der Waals surface area contributed by atoms with Gasteiger partial charge in [0.25, 0.3) is 0 Å². The second-order valence-electron chi connectivity index (χ2n) is 3.84. The Kier molecular flexibility index (Phi) is 5.81. The molecule has 1 rings (SSSR count). The van der Waals surface area contributed by atoms with E-state index in [9.17, 15) is 9.59 Å². The van der Waals surface area contributed by atoms with Crippen LogP contribution in [0.5, 0.6) is 5.75 Å². The molecule has 6 nitrogen and oxygen atoms in total. The number of rotatable bonds is 6. The van der Waals surface area contributed by atoms with Gasteiger partial charge in [-0.15, -0.1) is 0 Å². The van der Waals surface area contributed by atoms with Gasteiger partial charge >= 0.3 is 5.97 Å². The lowest BCUT2D eigenvalue weighted by Crippen LogP contribution is -2.16. The third-order valence-corrected chi connectivity index (χ3v) is 2.51. The number of amides is 1. The molecular formula is C13H18N2O4. The highest BCUT2D eigenvalue weighted by Gasteiger charge is 2.15. The molecule has 0 atom stereocenters. The number of ether oxygens (including phenoxy) is 2. The summed E-state index contributed by atoms with van der Waals surface area (Å²) < 4.78 is 9.71. The summed E-state index contributed by atoms with van der Waals surface area (Å²) in [6.07, 6.45) is 0.901. The second kappa shape index (κ2) is 7.38. The minimum atomic E-state index is -0.534. The van der Waals surface area contributed by atoms with E-state index in [4.69, 9.17) is 10.5 Å². The summed E-state index contributed by atoms with van der Waals surface area (Å²) in [6, 6.07) is 4.78. The maximum atomic E-state index is 11.6. The highest BCUT2D eigenvalue weighted by Crippen LogP contribution is 2.23. The second-order valence-corrected chi connectivity index (χ2v) is 3.84. The van der Waals surface area contributed by atoms with Crippen molar-refractivity contribution >= 4 is 17.6 Å². The zero-order valence-corrected chi connectivity index (χ0v) is 11.1. The summed E-state index contributed by atoms with van der Waals surface area (Å²) in [5, 5.41) is 2.66. The Morgan fingerprint density at radius 2 is 2.05 bits per heavy atom. The quantitative estimate of drug-likeness (QED) is 0.754. The number of hydrogen-bond donors (Lipinski definition) is 2. The van der Waals surface area contributed by atoms with Gasteiger partial charge in [-0.3, -0.25) is 4.79 Å². The molecule has 0 spiro atoms. The van der Waals surface area contributed by atoms with Crippen LogP contribution in [0.1, 0.15) is 23.2 Å². The van der Waals surface area contributed by atoms with Crippen molar-refractivity contribution < 1.29 is 19.1 Å². The van der Waals surface area contributed by atoms with Crippen molar-refractivity contribution in [1.82, 2.24) is 0 Å². The van der Waals surface area contributed by atoms with E-state index < -0.39 is 5.97 Å². The first-order chi connectivity index (χ1) is 9.12. The molecule has 0 bridgehead atoms. The van der Waals surface area contributed by atoms with Crippen molar-refractivity contribution in [2.45, 2.75) is 12.8 Å². The third-order valence-electron chi connectivity index (χ3n) is 2.51. The largest absolute Gasteiger partial charge is 0.497 e. The standard InChI is InChI=1S/C13H18N2O4/c1-18-9-5-6-11(10(8-9)13(17)19-2)15-12(16)4-3-7-14/h5-6,8H,3-4,7,14H2,1-2H3,(H,15,16). The minimum Gasteiger partial charge on any atom is -0.497 e. The summed E-state index contributed by atoms with van der Waals surface area (Å²) in [4.78, 5) is 23.3. The molecule has 0 unspecified atom stereocenters. The van der Waals surface area contributed by atoms with Crippen LogP contribution in [0.15, 0.2) is 18.2 Å². The number of methoxy groups -OCH3 is 2. The van der Waals surface area contributed by atoms with E-state index in [0.29, 0.717) is 30.8 Å². The Morgan fingerprint density at radius 3 is 2.63 bits per heavy atom. The molecule has 0 saturated heterocycles. The zero-order valence-electron chi connectivity index (χ0n) is 11.1. The van der Waals surface area contributed by atoms with Gasteiger partial charge in [-0.25, -0.2) is 4.79 Å². The molecule has 19 heavy (non-hydrogen) atoms. The van der Waals surface area contributed by atoms with Crippen molar-refractivity contribution in [3.8, 4) is 5.75 Å². The van der Waals surface area contributed by atoms with Gasteiger partial charge in [-0.05, 0) is 31.2 Å². The van der Waals surface area contributed by atoms with Gasteiger partial charge in [0, 0.05) is 6.42 Å². The van der Waals surface area contributed by atoms with E-state index in [1.165, 1.54) is 20.3 Å². The van der Waals surface area contributed by atoms with Crippen LogP contribution in [0.2, 0.25) is 0 Å². The number of esters is 1. The highest BCUT2D eigenvalue weighted by molar-refractivity contribution is 6.01. The number of benzene rings is 1. The topological polar surface area (TPSA) is 90.6 Å². The maximum Gasteiger partial charge on any atom is 0.340 e. The molecule has 3 N–H and O–H groups in total. The van der Waals surface area contributed by atoms with Crippen LogP contribution in [-0.2, 0) is 9.53 Å². The number of nitrogens with two attached hydrogens (primary N) is 1. The third kappa shape index (κ3) is 4.26. The van der Waals surface area contributed by atoms with Crippen molar-refractivity contribution in [1.29, 1.82) is 0 Å². The first-order valence-corrected chi connectivity index (χ1v) is 5.88. The van der Waals surface area contributed by atoms with Gasteiger partial charge in [-0.1, -0.05) is 0 Å². The smallest absolute Gasteiger partial charge is 0.340 e. The predicted molar refractivity (Wildman–Crippen MR) is 71.3 cm³/mol. The molecule has 104 valence electrons. The molecule has 0 aromatic heterocycles. The van der Waals surface area contributed by atoms with Crippen LogP contribution in [0.4, 0.5) is 5.69 Å². The van der Waals surface area contributed by atoms with E-state index in [-0.39, 0.29) is 11.5 Å². The van der Waals surface area contributed by atoms with Gasteiger partial charge in [0.05, 0.1) is 25.5 Å². The van der Waals surface area contributed by atoms with E-state index in [0.717, 1.165) is 0 Å². The molecule has 1 amide bonds. The van der Waals surface area contributed by atoms with E-state index in [1.807, 2.05) is 0 Å². The summed E-state index contributed by atoms with van der Waals surface area (Å²) in [7, 11) is 2.78. The van der Waals surface area contributed by atoms with Crippen LogP contribution in [0, 0.1) is 0 Å². The maximum absolute atomic E-state index is 11.6. The molecular weight excluding hydrogens is 248 g/mol. The average Bonchev–Trinajstić information content (AvgIpc) is 2.44. The highest BCUT2D eigenvalue weighted by atomic mass is 16.5. The predicted octanol–water partition coefficient (Wildman–Crippen LogP) is 1.16. The summed E-state index contributed by atoms with van der Waals surface area (Å²) in [5.74, 6) is -0.214. The summed E-state index contributed by atoms with van der Waals surface area (Å²) in [5.41, 5.74) is 5.99. The lowest BCUT2D eigenvalue weighted by Gasteiger charge is -2.11. The first kappa shape index (κ1) is 15.0. The molecule has 6 heteroatoms. The van der Waals surface area contributed by atoms with Crippen molar-refractivity contribution in [2.24, 2.45) is 5.73 Å². The van der Waals surface area contributed by atoms with Crippen molar-refractivity contribution in [2.75, 3.05) is 26.1 Å². The molecule has 0 aliphatic carbocycles. The number of anilines is 1. The molecule has 0 fully saturated rings. The van der Waals surface area contributed by atoms with Gasteiger partial charge in [0.2, 0.25) is 5.91 Å². The Balaban J connectivity index is 2.92. The first-order valence-electron chi connectivity index (χ1n) is 5.88. The fraction of sp³-hybridized carbons (Fsp3) is 0.385. The Bertz CT molecular complexity index is 460. The van der Waals surface area contributed by atoms with Crippen molar-refractivity contribution in [3.63, 3.8) is 0 Å². The van der Waals surface area contributed by atoms with Crippen LogP contribution in [0.25, 0.3) is 0 Å².